The van der Waals surface area contributed by atoms with Crippen LogP contribution in [0.2, 0.25) is 0 Å². The number of aromatic nitrogens is 2. The lowest BCUT2D eigenvalue weighted by Gasteiger charge is -2.27. The molecule has 0 fully saturated rings. The lowest BCUT2D eigenvalue weighted by molar-refractivity contribution is -0.137. The van der Waals surface area contributed by atoms with E-state index in [1.807, 2.05) is 0 Å². The van der Waals surface area contributed by atoms with Gasteiger partial charge in [0.2, 0.25) is 0 Å². The Labute approximate surface area is 221 Å². The Balaban J connectivity index is 1.43. The lowest BCUT2D eigenvalue weighted by atomic mass is 9.99. The van der Waals surface area contributed by atoms with Gasteiger partial charge in [-0.05, 0) is 67.8 Å². The van der Waals surface area contributed by atoms with Gasteiger partial charge in [-0.2, -0.15) is 0 Å². The number of amides is 1. The van der Waals surface area contributed by atoms with Crippen molar-refractivity contribution in [1.29, 1.82) is 0 Å². The molecule has 0 unspecified atom stereocenters. The molecule has 3 aromatic carbocycles. The van der Waals surface area contributed by atoms with E-state index in [-0.39, 0.29) is 24.6 Å². The number of unbranched alkanes of at least 4 members (excludes halogenated alkanes) is 1. The molecule has 7 nitrogen and oxygen atoms in total. The number of carboxylic acids is 1. The molecular weight excluding hydrogens is 511 g/mol. The van der Waals surface area contributed by atoms with Gasteiger partial charge in [0.05, 0.1) is 35.1 Å². The molecule has 0 spiro atoms. The van der Waals surface area contributed by atoms with Crippen LogP contribution in [0, 0.1) is 17.5 Å². The van der Waals surface area contributed by atoms with Crippen molar-refractivity contribution in [2.75, 3.05) is 6.61 Å². The first-order valence-corrected chi connectivity index (χ1v) is 12.5. The van der Waals surface area contributed by atoms with Crippen LogP contribution in [-0.4, -0.2) is 33.6 Å². The number of hydrogen-bond donors (Lipinski definition) is 2. The molecule has 200 valence electrons. The molecule has 0 bridgehead atoms. The van der Waals surface area contributed by atoms with Gasteiger partial charge in [0.15, 0.2) is 11.6 Å². The molecule has 5 rings (SSSR count). The molecule has 1 aliphatic rings. The number of hydrogen-bond acceptors (Lipinski definition) is 5. The number of rotatable bonds is 8. The summed E-state index contributed by atoms with van der Waals surface area (Å²) < 4.78 is 46.4. The van der Waals surface area contributed by atoms with Gasteiger partial charge in [-0.1, -0.05) is 0 Å². The molecule has 2 N–H and O–H groups in total. The second-order valence-electron chi connectivity index (χ2n) is 9.30. The van der Waals surface area contributed by atoms with Crippen molar-refractivity contribution < 1.29 is 32.6 Å². The lowest BCUT2D eigenvalue weighted by Crippen LogP contribution is -2.32. The van der Waals surface area contributed by atoms with E-state index in [2.05, 4.69) is 5.32 Å². The Morgan fingerprint density at radius 1 is 0.949 bits per heavy atom. The Kier molecular flexibility index (Phi) is 7.44. The standard InChI is InChI=1S/C29H24F3N3O4/c30-18-8-5-16(6-9-18)28-24(3-1-2-4-27(36)37)33-25-13-17(7-10-23(25)34-28)29(38)35-22-11-12-39-26-15-21(32)20(31)14-19(22)26/h5-10,13-15,22H,1-4,11-12H2,(H,35,38)(H,36,37)/t22-/m1/s1. The van der Waals surface area contributed by atoms with Crippen molar-refractivity contribution in [3.63, 3.8) is 0 Å². The van der Waals surface area contributed by atoms with E-state index in [1.165, 1.54) is 12.1 Å². The van der Waals surface area contributed by atoms with Gasteiger partial charge in [-0.3, -0.25) is 9.59 Å². The number of carbonyl (C=O) groups excluding carboxylic acids is 1. The largest absolute Gasteiger partial charge is 0.493 e. The second-order valence-corrected chi connectivity index (χ2v) is 9.30. The number of aryl methyl sites for hydroxylation is 1. The number of aliphatic carboxylic acids is 1. The highest BCUT2D eigenvalue weighted by atomic mass is 19.2. The van der Waals surface area contributed by atoms with Crippen molar-refractivity contribution in [1.82, 2.24) is 15.3 Å². The van der Waals surface area contributed by atoms with E-state index in [0.29, 0.717) is 64.8 Å². The molecule has 4 aromatic rings. The third-order valence-corrected chi connectivity index (χ3v) is 6.57. The maximum absolute atomic E-state index is 13.9. The molecule has 1 aliphatic heterocycles. The summed E-state index contributed by atoms with van der Waals surface area (Å²) in [6, 6.07) is 12.2. The molecule has 0 aliphatic carbocycles. The minimum atomic E-state index is -1.02. The highest BCUT2D eigenvalue weighted by Crippen LogP contribution is 2.34. The van der Waals surface area contributed by atoms with Crippen LogP contribution in [0.5, 0.6) is 5.75 Å². The SMILES string of the molecule is O=C(O)CCCCc1nc2cc(C(=O)N[C@@H]3CCOc4cc(F)c(F)cc43)ccc2nc1-c1ccc(F)cc1. The van der Waals surface area contributed by atoms with Crippen LogP contribution in [0.25, 0.3) is 22.3 Å². The summed E-state index contributed by atoms with van der Waals surface area (Å²) >= 11 is 0. The molecule has 1 aromatic heterocycles. The monoisotopic (exact) mass is 535 g/mol. The number of halogens is 3. The number of nitrogens with one attached hydrogen (secondary N) is 1. The fourth-order valence-corrected chi connectivity index (χ4v) is 4.59. The first kappa shape index (κ1) is 26.1. The average Bonchev–Trinajstić information content (AvgIpc) is 2.92. The van der Waals surface area contributed by atoms with Crippen molar-refractivity contribution >= 4 is 22.9 Å². The minimum absolute atomic E-state index is 0.0308. The van der Waals surface area contributed by atoms with Crippen LogP contribution in [0.1, 0.15) is 53.3 Å². The number of carboxylic acid groups (broad SMARTS) is 1. The van der Waals surface area contributed by atoms with Crippen molar-refractivity contribution in [2.45, 2.75) is 38.1 Å². The molecule has 10 heteroatoms. The van der Waals surface area contributed by atoms with E-state index < -0.39 is 29.6 Å². The molecule has 1 atom stereocenters. The van der Waals surface area contributed by atoms with Gasteiger partial charge in [0, 0.05) is 35.6 Å². The number of nitrogens with zero attached hydrogens (tertiary/aromatic N) is 2. The topological polar surface area (TPSA) is 101 Å². The summed E-state index contributed by atoms with van der Waals surface area (Å²) in [7, 11) is 0. The third kappa shape index (κ3) is 5.84. The van der Waals surface area contributed by atoms with Gasteiger partial charge in [0.25, 0.3) is 5.91 Å². The first-order chi connectivity index (χ1) is 18.8. The highest BCUT2D eigenvalue weighted by molar-refractivity contribution is 5.97. The molecular formula is C29H24F3N3O4. The quantitative estimate of drug-likeness (QED) is 0.278. The summed E-state index contributed by atoms with van der Waals surface area (Å²) in [6.07, 6.45) is 1.88. The maximum Gasteiger partial charge on any atom is 0.303 e. The van der Waals surface area contributed by atoms with Crippen LogP contribution in [0.4, 0.5) is 13.2 Å². The zero-order valence-corrected chi connectivity index (χ0v) is 20.7. The number of ether oxygens (including phenoxy) is 1. The van der Waals surface area contributed by atoms with E-state index in [0.717, 1.165) is 12.1 Å². The van der Waals surface area contributed by atoms with Gasteiger partial charge in [-0.15, -0.1) is 0 Å². The molecule has 0 saturated carbocycles. The average molecular weight is 536 g/mol. The van der Waals surface area contributed by atoms with Crippen LogP contribution < -0.4 is 10.1 Å². The summed E-state index contributed by atoms with van der Waals surface area (Å²) in [4.78, 5) is 33.5. The zero-order valence-electron chi connectivity index (χ0n) is 20.7. The first-order valence-electron chi connectivity index (χ1n) is 12.5. The zero-order chi connectivity index (χ0) is 27.5. The van der Waals surface area contributed by atoms with Crippen LogP contribution >= 0.6 is 0 Å². The summed E-state index contributed by atoms with van der Waals surface area (Å²) in [5.41, 5.74) is 3.48. The van der Waals surface area contributed by atoms with E-state index >= 15 is 0 Å². The van der Waals surface area contributed by atoms with Crippen LogP contribution in [0.15, 0.2) is 54.6 Å². The fourth-order valence-electron chi connectivity index (χ4n) is 4.59. The smallest absolute Gasteiger partial charge is 0.303 e. The Morgan fingerprint density at radius 2 is 1.72 bits per heavy atom. The third-order valence-electron chi connectivity index (χ3n) is 6.57. The van der Waals surface area contributed by atoms with Crippen molar-refractivity contribution in [2.24, 2.45) is 0 Å². The molecule has 0 saturated heterocycles. The molecule has 39 heavy (non-hydrogen) atoms. The van der Waals surface area contributed by atoms with E-state index in [1.54, 1.807) is 30.3 Å². The Hall–Kier alpha value is -4.47. The van der Waals surface area contributed by atoms with E-state index in [4.69, 9.17) is 19.8 Å². The summed E-state index contributed by atoms with van der Waals surface area (Å²) in [5.74, 6) is -3.54. The van der Waals surface area contributed by atoms with Gasteiger partial charge >= 0.3 is 5.97 Å². The van der Waals surface area contributed by atoms with Gasteiger partial charge < -0.3 is 15.2 Å². The predicted molar refractivity (Wildman–Crippen MR) is 137 cm³/mol. The Morgan fingerprint density at radius 3 is 2.49 bits per heavy atom. The molecule has 2 heterocycles. The molecule has 0 radical (unpaired) electrons. The summed E-state index contributed by atoms with van der Waals surface area (Å²) in [5, 5.41) is 11.8. The van der Waals surface area contributed by atoms with E-state index in [9.17, 15) is 22.8 Å². The summed E-state index contributed by atoms with van der Waals surface area (Å²) in [6.45, 7) is 0.240. The van der Waals surface area contributed by atoms with Gasteiger partial charge in [0.1, 0.15) is 11.6 Å². The second kappa shape index (κ2) is 11.1. The van der Waals surface area contributed by atoms with Crippen LogP contribution in [-0.2, 0) is 11.2 Å². The Bertz CT molecular complexity index is 1560. The number of carbonyl (C=O) groups is 2. The normalized spacial score (nSPS) is 14.5. The number of benzene rings is 3. The maximum atomic E-state index is 13.9. The predicted octanol–water partition coefficient (Wildman–Crippen LogP) is 5.77. The van der Waals surface area contributed by atoms with Crippen molar-refractivity contribution in [3.05, 3.63) is 88.9 Å². The van der Waals surface area contributed by atoms with Crippen LogP contribution in [0.3, 0.4) is 0 Å². The molecule has 1 amide bonds. The number of fused-ring (bicyclic) bond motifs is 2. The van der Waals surface area contributed by atoms with Gasteiger partial charge in [-0.25, -0.2) is 23.1 Å². The van der Waals surface area contributed by atoms with Crippen molar-refractivity contribution in [3.8, 4) is 17.0 Å². The minimum Gasteiger partial charge on any atom is -0.493 e. The fraction of sp³-hybridized carbons (Fsp3) is 0.241. The highest BCUT2D eigenvalue weighted by Gasteiger charge is 2.26.